The number of aliphatic carboxylic acids is 1. The minimum absolute atomic E-state index is 0.260. The molecular weight excluding hydrogens is 194 g/mol. The minimum Gasteiger partial charge on any atom is -0.480 e. The van der Waals surface area contributed by atoms with Crippen LogP contribution >= 0.6 is 0 Å². The fraction of sp³-hybridized carbons (Fsp3) is 0.545. The summed E-state index contributed by atoms with van der Waals surface area (Å²) in [5, 5.41) is 8.65. The smallest absolute Gasteiger partial charge is 0.320 e. The topological polar surface area (TPSA) is 76.5 Å². The maximum atomic E-state index is 10.5. The van der Waals surface area contributed by atoms with Gasteiger partial charge in [-0.2, -0.15) is 0 Å². The number of furan rings is 1. The highest BCUT2D eigenvalue weighted by atomic mass is 16.4. The molecule has 82 valence electrons. The molecule has 4 heteroatoms. The van der Waals surface area contributed by atoms with Crippen LogP contribution in [-0.2, 0) is 11.2 Å². The van der Waals surface area contributed by atoms with Gasteiger partial charge in [0.1, 0.15) is 17.6 Å². The number of rotatable bonds is 4. The van der Waals surface area contributed by atoms with Crippen LogP contribution in [0.15, 0.2) is 16.5 Å². The van der Waals surface area contributed by atoms with Gasteiger partial charge < -0.3 is 15.3 Å². The van der Waals surface area contributed by atoms with Gasteiger partial charge >= 0.3 is 5.97 Å². The van der Waals surface area contributed by atoms with Crippen molar-refractivity contribution in [2.45, 2.75) is 31.7 Å². The van der Waals surface area contributed by atoms with Crippen LogP contribution < -0.4 is 5.73 Å². The van der Waals surface area contributed by atoms with Crippen LogP contribution in [0.5, 0.6) is 0 Å². The molecular formula is C11H15NO3. The number of carboxylic acid groups (broad SMARTS) is 1. The molecule has 0 saturated heterocycles. The Morgan fingerprint density at radius 1 is 1.73 bits per heavy atom. The lowest BCUT2D eigenvalue weighted by molar-refractivity contribution is -0.138. The highest BCUT2D eigenvalue weighted by Crippen LogP contribution is 2.47. The molecule has 0 amide bonds. The summed E-state index contributed by atoms with van der Waals surface area (Å²) in [6.45, 7) is 2.18. The number of hydrogen-bond donors (Lipinski definition) is 2. The van der Waals surface area contributed by atoms with E-state index in [1.165, 1.54) is 0 Å². The first-order valence-corrected chi connectivity index (χ1v) is 5.15. The summed E-state index contributed by atoms with van der Waals surface area (Å²) in [6, 6.07) is 2.88. The van der Waals surface area contributed by atoms with Crippen LogP contribution in [0.25, 0.3) is 0 Å². The molecule has 1 aromatic rings. The van der Waals surface area contributed by atoms with Crippen molar-refractivity contribution in [1.82, 2.24) is 0 Å². The fourth-order valence-corrected chi connectivity index (χ4v) is 1.73. The molecule has 1 aromatic heterocycles. The largest absolute Gasteiger partial charge is 0.480 e. The van der Waals surface area contributed by atoms with E-state index in [4.69, 9.17) is 15.3 Å². The van der Waals surface area contributed by atoms with Crippen molar-refractivity contribution in [2.24, 2.45) is 11.7 Å². The fourth-order valence-electron chi connectivity index (χ4n) is 1.73. The summed E-state index contributed by atoms with van der Waals surface area (Å²) in [5.41, 5.74) is 5.42. The number of carboxylic acids is 1. The molecule has 2 rings (SSSR count). The summed E-state index contributed by atoms with van der Waals surface area (Å²) in [4.78, 5) is 10.5. The van der Waals surface area contributed by atoms with Crippen LogP contribution in [-0.4, -0.2) is 17.1 Å². The Labute approximate surface area is 88.1 Å². The van der Waals surface area contributed by atoms with Crippen molar-refractivity contribution >= 4 is 5.97 Å². The van der Waals surface area contributed by atoms with Gasteiger partial charge in [-0.1, -0.05) is 6.92 Å². The Morgan fingerprint density at radius 3 is 2.93 bits per heavy atom. The van der Waals surface area contributed by atoms with E-state index in [0.717, 1.165) is 12.2 Å². The average molecular weight is 209 g/mol. The monoisotopic (exact) mass is 209 g/mol. The first kappa shape index (κ1) is 10.2. The lowest BCUT2D eigenvalue weighted by atomic mass is 10.2. The van der Waals surface area contributed by atoms with Gasteiger partial charge in [-0.05, 0) is 24.5 Å². The molecule has 1 aliphatic rings. The first-order chi connectivity index (χ1) is 7.08. The molecule has 0 bridgehead atoms. The third-order valence-electron chi connectivity index (χ3n) is 2.90. The average Bonchev–Trinajstić information content (AvgIpc) is 2.73. The first-order valence-electron chi connectivity index (χ1n) is 5.15. The lowest BCUT2D eigenvalue weighted by Gasteiger charge is -2.02. The van der Waals surface area contributed by atoms with E-state index in [9.17, 15) is 4.79 Å². The SMILES string of the molecule is CC1CC1c1ccc(C[C@@H](N)C(=O)O)o1. The molecule has 1 aliphatic carbocycles. The van der Waals surface area contributed by atoms with Gasteiger partial charge in [-0.25, -0.2) is 0 Å². The van der Waals surface area contributed by atoms with Crippen molar-refractivity contribution < 1.29 is 14.3 Å². The van der Waals surface area contributed by atoms with Crippen LogP contribution in [0.4, 0.5) is 0 Å². The molecule has 0 aliphatic heterocycles. The van der Waals surface area contributed by atoms with Gasteiger partial charge in [0, 0.05) is 12.3 Å². The van der Waals surface area contributed by atoms with Gasteiger partial charge in [0.15, 0.2) is 0 Å². The summed E-state index contributed by atoms with van der Waals surface area (Å²) < 4.78 is 5.56. The van der Waals surface area contributed by atoms with Crippen molar-refractivity contribution in [3.05, 3.63) is 23.7 Å². The van der Waals surface area contributed by atoms with E-state index in [0.29, 0.717) is 17.6 Å². The molecule has 4 nitrogen and oxygen atoms in total. The van der Waals surface area contributed by atoms with E-state index in [1.807, 2.05) is 12.1 Å². The second kappa shape index (κ2) is 3.70. The second-order valence-electron chi connectivity index (χ2n) is 4.27. The number of nitrogens with two attached hydrogens (primary N) is 1. The van der Waals surface area contributed by atoms with E-state index >= 15 is 0 Å². The predicted octanol–water partition coefficient (Wildman–Crippen LogP) is 1.36. The van der Waals surface area contributed by atoms with Crippen molar-refractivity contribution in [3.63, 3.8) is 0 Å². The molecule has 0 radical (unpaired) electrons. The third kappa shape index (κ3) is 2.21. The Morgan fingerprint density at radius 2 is 2.40 bits per heavy atom. The van der Waals surface area contributed by atoms with Crippen LogP contribution in [0, 0.1) is 5.92 Å². The second-order valence-corrected chi connectivity index (χ2v) is 4.27. The molecule has 1 heterocycles. The van der Waals surface area contributed by atoms with Gasteiger partial charge in [0.05, 0.1) is 0 Å². The van der Waals surface area contributed by atoms with Crippen LogP contribution in [0.1, 0.15) is 30.8 Å². The van der Waals surface area contributed by atoms with Gasteiger partial charge in [-0.3, -0.25) is 4.79 Å². The standard InChI is InChI=1S/C11H15NO3/c1-6-4-8(6)10-3-2-7(15-10)5-9(12)11(13)14/h2-3,6,8-9H,4-5,12H2,1H3,(H,13,14)/t6?,8?,9-/m1/s1. The molecule has 15 heavy (non-hydrogen) atoms. The summed E-state index contributed by atoms with van der Waals surface area (Å²) in [6.07, 6.45) is 1.42. The van der Waals surface area contributed by atoms with Crippen molar-refractivity contribution in [2.75, 3.05) is 0 Å². The van der Waals surface area contributed by atoms with Gasteiger partial charge in [0.2, 0.25) is 0 Å². The van der Waals surface area contributed by atoms with Crippen LogP contribution in [0.3, 0.4) is 0 Å². The summed E-state index contributed by atoms with van der Waals surface area (Å²) in [7, 11) is 0. The maximum Gasteiger partial charge on any atom is 0.320 e. The summed E-state index contributed by atoms with van der Waals surface area (Å²) in [5.74, 6) is 1.86. The van der Waals surface area contributed by atoms with E-state index < -0.39 is 12.0 Å². The molecule has 0 aromatic carbocycles. The number of hydrogen-bond acceptors (Lipinski definition) is 3. The van der Waals surface area contributed by atoms with Gasteiger partial charge in [0.25, 0.3) is 0 Å². The third-order valence-corrected chi connectivity index (χ3v) is 2.90. The van der Waals surface area contributed by atoms with E-state index in [-0.39, 0.29) is 6.42 Å². The number of carbonyl (C=O) groups is 1. The zero-order valence-electron chi connectivity index (χ0n) is 8.64. The molecule has 0 spiro atoms. The Hall–Kier alpha value is -1.29. The van der Waals surface area contributed by atoms with Crippen molar-refractivity contribution in [1.29, 1.82) is 0 Å². The van der Waals surface area contributed by atoms with Crippen LogP contribution in [0.2, 0.25) is 0 Å². The maximum absolute atomic E-state index is 10.5. The quantitative estimate of drug-likeness (QED) is 0.784. The minimum atomic E-state index is -0.993. The molecule has 2 unspecified atom stereocenters. The zero-order valence-corrected chi connectivity index (χ0v) is 8.64. The lowest BCUT2D eigenvalue weighted by Crippen LogP contribution is -2.32. The Kier molecular flexibility index (Phi) is 2.52. The predicted molar refractivity (Wildman–Crippen MR) is 54.5 cm³/mol. The highest BCUT2D eigenvalue weighted by Gasteiger charge is 2.36. The molecule has 3 atom stereocenters. The molecule has 1 fully saturated rings. The molecule has 3 N–H and O–H groups in total. The van der Waals surface area contributed by atoms with E-state index in [2.05, 4.69) is 6.92 Å². The van der Waals surface area contributed by atoms with Crippen molar-refractivity contribution in [3.8, 4) is 0 Å². The Bertz CT molecular complexity index is 372. The highest BCUT2D eigenvalue weighted by molar-refractivity contribution is 5.73. The van der Waals surface area contributed by atoms with E-state index in [1.54, 1.807) is 0 Å². The molecule has 1 saturated carbocycles. The zero-order chi connectivity index (χ0) is 11.0. The van der Waals surface area contributed by atoms with Gasteiger partial charge in [-0.15, -0.1) is 0 Å². The normalized spacial score (nSPS) is 26.3. The Balaban J connectivity index is 1.98. The summed E-state index contributed by atoms with van der Waals surface area (Å²) >= 11 is 0.